The van der Waals surface area contributed by atoms with E-state index in [0.717, 1.165) is 0 Å². The van der Waals surface area contributed by atoms with Crippen molar-refractivity contribution in [2.45, 2.75) is 18.2 Å². The zero-order valence-electron chi connectivity index (χ0n) is 10.1. The molecule has 0 aliphatic rings. The molecule has 1 rings (SSSR count). The van der Waals surface area contributed by atoms with Gasteiger partial charge in [0.05, 0.1) is 6.42 Å². The molecule has 0 spiro atoms. The molecule has 0 fully saturated rings. The Labute approximate surface area is 120 Å². The van der Waals surface area contributed by atoms with E-state index in [1.807, 2.05) is 5.32 Å². The maximum atomic E-state index is 11.5. The number of hydrogen-bond donors (Lipinski definition) is 2. The normalized spacial score (nSPS) is 10.1. The van der Waals surface area contributed by atoms with E-state index in [1.54, 1.807) is 24.3 Å². The van der Waals surface area contributed by atoms with Gasteiger partial charge in [0.1, 0.15) is 10.6 Å². The summed E-state index contributed by atoms with van der Waals surface area (Å²) in [7, 11) is 0. The molecular weight excluding hydrogens is 291 g/mol. The van der Waals surface area contributed by atoms with Gasteiger partial charge in [-0.2, -0.15) is 0 Å². The molecular formula is C12H12Cl2N2O3. The first-order valence-corrected chi connectivity index (χ1v) is 6.24. The van der Waals surface area contributed by atoms with Crippen LogP contribution >= 0.6 is 23.2 Å². The minimum Gasteiger partial charge on any atom is -0.307 e. The minimum atomic E-state index is -0.801. The fraction of sp³-hybridized carbons (Fsp3) is 0.250. The zero-order valence-corrected chi connectivity index (χ0v) is 11.6. The molecule has 2 N–H and O–H groups in total. The Morgan fingerprint density at radius 3 is 2.42 bits per heavy atom. The molecule has 0 radical (unpaired) electrons. The number of urea groups is 1. The number of ketones is 1. The number of amides is 3. The van der Waals surface area contributed by atoms with Gasteiger partial charge in [-0.25, -0.2) is 4.79 Å². The van der Waals surface area contributed by atoms with Crippen molar-refractivity contribution in [3.05, 3.63) is 29.8 Å². The second-order valence-electron chi connectivity index (χ2n) is 3.77. The quantitative estimate of drug-likeness (QED) is 0.663. The Balaban J connectivity index is 2.67. The van der Waals surface area contributed by atoms with Gasteiger partial charge in [-0.3, -0.25) is 14.9 Å². The van der Waals surface area contributed by atoms with Crippen LogP contribution in [-0.2, 0) is 9.59 Å². The number of alkyl halides is 2. The van der Waals surface area contributed by atoms with Gasteiger partial charge in [0.25, 0.3) is 0 Å². The van der Waals surface area contributed by atoms with Crippen LogP contribution in [0.2, 0.25) is 0 Å². The van der Waals surface area contributed by atoms with Crippen LogP contribution in [0.1, 0.15) is 23.7 Å². The first kappa shape index (κ1) is 15.5. The summed E-state index contributed by atoms with van der Waals surface area (Å²) in [5, 5.41) is 4.47. The monoisotopic (exact) mass is 302 g/mol. The largest absolute Gasteiger partial charge is 0.325 e. The van der Waals surface area contributed by atoms with Crippen LogP contribution in [0.5, 0.6) is 0 Å². The van der Waals surface area contributed by atoms with Gasteiger partial charge in [-0.15, -0.1) is 0 Å². The number of halogens is 2. The summed E-state index contributed by atoms with van der Waals surface area (Å²) in [4.78, 5) is 32.7. The van der Waals surface area contributed by atoms with E-state index in [9.17, 15) is 14.4 Å². The van der Waals surface area contributed by atoms with Crippen LogP contribution in [0.3, 0.4) is 0 Å². The number of benzene rings is 1. The Kier molecular flexibility index (Phi) is 5.79. The van der Waals surface area contributed by atoms with Gasteiger partial charge in [-0.05, 0) is 13.0 Å². The van der Waals surface area contributed by atoms with Crippen molar-refractivity contribution in [1.82, 2.24) is 5.32 Å². The van der Waals surface area contributed by atoms with Gasteiger partial charge in [0.2, 0.25) is 5.91 Å². The topological polar surface area (TPSA) is 75.3 Å². The molecule has 0 aliphatic heterocycles. The van der Waals surface area contributed by atoms with Gasteiger partial charge >= 0.3 is 6.03 Å². The molecule has 0 heterocycles. The number of imide groups is 1. The summed E-state index contributed by atoms with van der Waals surface area (Å²) in [6.07, 6.45) is -0.345. The molecule has 1 aromatic carbocycles. The van der Waals surface area contributed by atoms with E-state index < -0.39 is 16.8 Å². The molecule has 0 saturated heterocycles. The summed E-state index contributed by atoms with van der Waals surface area (Å²) < 4.78 is 0. The average Bonchev–Trinajstić information content (AvgIpc) is 2.27. The maximum Gasteiger partial charge on any atom is 0.325 e. The molecule has 5 nitrogen and oxygen atoms in total. The summed E-state index contributed by atoms with van der Waals surface area (Å²) in [5.74, 6) is -0.997. The minimum absolute atomic E-state index is 0.327. The number of carbonyl (C=O) groups excluding carboxylic acids is 3. The molecule has 7 heteroatoms. The Hall–Kier alpha value is -1.59. The van der Waals surface area contributed by atoms with Crippen molar-refractivity contribution in [3.63, 3.8) is 0 Å². The second kappa shape index (κ2) is 7.11. The number of para-hydroxylation sites is 1. The summed E-state index contributed by atoms with van der Waals surface area (Å²) in [5.41, 5.74) is 0.908. The third-order valence-electron chi connectivity index (χ3n) is 2.11. The Bertz CT molecular complexity index is 504. The van der Waals surface area contributed by atoms with E-state index in [4.69, 9.17) is 23.2 Å². The number of rotatable bonds is 4. The van der Waals surface area contributed by atoms with Crippen molar-refractivity contribution in [2.75, 3.05) is 5.32 Å². The van der Waals surface area contributed by atoms with Crippen LogP contribution in [0, 0.1) is 0 Å². The van der Waals surface area contributed by atoms with E-state index in [1.165, 1.54) is 6.92 Å². The molecule has 0 atom stereocenters. The van der Waals surface area contributed by atoms with Gasteiger partial charge < -0.3 is 5.32 Å². The Morgan fingerprint density at radius 1 is 1.21 bits per heavy atom. The van der Waals surface area contributed by atoms with Crippen LogP contribution in [0.25, 0.3) is 0 Å². The highest BCUT2D eigenvalue weighted by Crippen LogP contribution is 2.30. The molecule has 3 amide bonds. The summed E-state index contributed by atoms with van der Waals surface area (Å²) >= 11 is 11.5. The van der Waals surface area contributed by atoms with Gasteiger partial charge in [0, 0.05) is 11.3 Å². The van der Waals surface area contributed by atoms with Crippen molar-refractivity contribution in [1.29, 1.82) is 0 Å². The number of nitrogens with one attached hydrogen (secondary N) is 2. The van der Waals surface area contributed by atoms with Crippen LogP contribution in [-0.4, -0.2) is 17.7 Å². The Morgan fingerprint density at radius 2 is 1.84 bits per heavy atom. The smallest absolute Gasteiger partial charge is 0.307 e. The van der Waals surface area contributed by atoms with Crippen molar-refractivity contribution >= 4 is 46.6 Å². The molecule has 0 unspecified atom stereocenters. The fourth-order valence-corrected chi connectivity index (χ4v) is 1.73. The number of Topliss-reactive ketones (excluding diaryl/α,β-unsaturated/α-hetero) is 1. The number of anilines is 1. The average molecular weight is 303 g/mol. The predicted octanol–water partition coefficient (Wildman–Crippen LogP) is 2.79. The first-order chi connectivity index (χ1) is 8.90. The van der Waals surface area contributed by atoms with Crippen LogP contribution in [0.4, 0.5) is 10.5 Å². The lowest BCUT2D eigenvalue weighted by Gasteiger charge is -2.11. The van der Waals surface area contributed by atoms with Gasteiger partial charge in [0.15, 0.2) is 0 Å². The molecule has 0 saturated carbocycles. The highest BCUT2D eigenvalue weighted by molar-refractivity contribution is 6.44. The molecule has 0 aliphatic carbocycles. The predicted molar refractivity (Wildman–Crippen MR) is 73.3 cm³/mol. The zero-order chi connectivity index (χ0) is 14.4. The standard InChI is InChI=1S/C12H12Cl2N2O3/c1-7(17)6-10(18)16-12(19)15-9-5-3-2-4-8(9)11(13)14/h2-5,11H,6H2,1H3,(H2,15,16,18,19). The molecule has 0 aromatic heterocycles. The highest BCUT2D eigenvalue weighted by atomic mass is 35.5. The summed E-state index contributed by atoms with van der Waals surface area (Å²) in [6, 6.07) is 5.91. The summed E-state index contributed by atoms with van der Waals surface area (Å²) in [6.45, 7) is 1.26. The van der Waals surface area contributed by atoms with Crippen molar-refractivity contribution < 1.29 is 14.4 Å². The second-order valence-corrected chi connectivity index (χ2v) is 4.87. The molecule has 102 valence electrons. The van der Waals surface area contributed by atoms with E-state index in [0.29, 0.717) is 11.3 Å². The lowest BCUT2D eigenvalue weighted by atomic mass is 10.2. The van der Waals surface area contributed by atoms with E-state index >= 15 is 0 Å². The number of hydrogen-bond acceptors (Lipinski definition) is 3. The van der Waals surface area contributed by atoms with Gasteiger partial charge in [-0.1, -0.05) is 41.4 Å². The van der Waals surface area contributed by atoms with Crippen molar-refractivity contribution in [2.24, 2.45) is 0 Å². The van der Waals surface area contributed by atoms with E-state index in [-0.39, 0.29) is 12.2 Å². The van der Waals surface area contributed by atoms with Crippen LogP contribution < -0.4 is 10.6 Å². The maximum absolute atomic E-state index is 11.5. The molecule has 19 heavy (non-hydrogen) atoms. The molecule has 0 bridgehead atoms. The van der Waals surface area contributed by atoms with Crippen LogP contribution in [0.15, 0.2) is 24.3 Å². The molecule has 1 aromatic rings. The highest BCUT2D eigenvalue weighted by Gasteiger charge is 2.13. The SMILES string of the molecule is CC(=O)CC(=O)NC(=O)Nc1ccccc1C(Cl)Cl. The fourth-order valence-electron chi connectivity index (χ4n) is 1.35. The van der Waals surface area contributed by atoms with Crippen molar-refractivity contribution in [3.8, 4) is 0 Å². The lowest BCUT2D eigenvalue weighted by molar-refractivity contribution is -0.126. The number of carbonyl (C=O) groups is 3. The lowest BCUT2D eigenvalue weighted by Crippen LogP contribution is -2.35. The first-order valence-electron chi connectivity index (χ1n) is 5.37. The van der Waals surface area contributed by atoms with E-state index in [2.05, 4.69) is 5.32 Å². The third kappa shape index (κ3) is 5.28. The third-order valence-corrected chi connectivity index (χ3v) is 2.58.